The normalized spacial score (nSPS) is 11.1. The number of fused-ring (bicyclic) bond motifs is 1. The number of hydrogen-bond donors (Lipinski definition) is 0. The van der Waals surface area contributed by atoms with E-state index < -0.39 is 15.7 Å². The number of nitriles is 1. The van der Waals surface area contributed by atoms with Gasteiger partial charge in [-0.3, -0.25) is 0 Å². The van der Waals surface area contributed by atoms with E-state index in [0.717, 1.165) is 0 Å². The first kappa shape index (κ1) is 14.8. The number of rotatable bonds is 3. The van der Waals surface area contributed by atoms with E-state index in [1.807, 2.05) is 6.07 Å². The van der Waals surface area contributed by atoms with Gasteiger partial charge < -0.3 is 8.60 Å². The molecule has 23 heavy (non-hydrogen) atoms. The second-order valence-corrected chi connectivity index (χ2v) is 6.18. The van der Waals surface area contributed by atoms with Crippen molar-refractivity contribution < 1.29 is 17.0 Å². The van der Waals surface area contributed by atoms with Crippen LogP contribution in [0.2, 0.25) is 0 Å². The summed E-state index contributed by atoms with van der Waals surface area (Å²) >= 11 is 0. The van der Waals surface area contributed by atoms with Crippen molar-refractivity contribution in [3.05, 3.63) is 70.6 Å². The van der Waals surface area contributed by atoms with Crippen molar-refractivity contribution in [2.24, 2.45) is 0 Å². The lowest BCUT2D eigenvalue weighted by Gasteiger charge is -2.07. The quantitative estimate of drug-likeness (QED) is 0.541. The molecule has 0 unspecified atom stereocenters. The van der Waals surface area contributed by atoms with E-state index >= 15 is 0 Å². The van der Waals surface area contributed by atoms with Gasteiger partial charge in [0.15, 0.2) is 0 Å². The van der Waals surface area contributed by atoms with Crippen molar-refractivity contribution in [2.45, 2.75) is 4.90 Å². The maximum Gasteiger partial charge on any atom is 0.339 e. The van der Waals surface area contributed by atoms with Crippen LogP contribution in [-0.4, -0.2) is 8.42 Å². The lowest BCUT2D eigenvalue weighted by molar-refractivity contribution is 0.486. The Hall–Kier alpha value is -3.11. The smallest absolute Gasteiger partial charge is 0.339 e. The topological polar surface area (TPSA) is 97.4 Å². The van der Waals surface area contributed by atoms with E-state index in [1.54, 1.807) is 0 Å². The average Bonchev–Trinajstić information content (AvgIpc) is 2.54. The average molecular weight is 327 g/mol. The van der Waals surface area contributed by atoms with Crippen molar-refractivity contribution in [3.63, 3.8) is 0 Å². The Balaban J connectivity index is 2.00. The molecule has 0 fully saturated rings. The summed E-state index contributed by atoms with van der Waals surface area (Å²) in [6.45, 7) is 0. The molecule has 1 aromatic heterocycles. The highest BCUT2D eigenvalue weighted by Crippen LogP contribution is 2.22. The first-order valence-electron chi connectivity index (χ1n) is 6.46. The highest BCUT2D eigenvalue weighted by atomic mass is 32.2. The second kappa shape index (κ2) is 5.59. The molecule has 0 N–H and O–H groups in total. The summed E-state index contributed by atoms with van der Waals surface area (Å²) in [5.74, 6) is 0.0451. The van der Waals surface area contributed by atoms with Crippen LogP contribution in [0.3, 0.4) is 0 Å². The largest absolute Gasteiger partial charge is 0.423 e. The Morgan fingerprint density at radius 2 is 1.87 bits per heavy atom. The number of nitrogens with zero attached hydrogens (tertiary/aromatic N) is 1. The van der Waals surface area contributed by atoms with E-state index in [1.165, 1.54) is 54.6 Å². The van der Waals surface area contributed by atoms with Crippen molar-refractivity contribution in [2.75, 3.05) is 0 Å². The van der Waals surface area contributed by atoms with E-state index in [0.29, 0.717) is 5.39 Å². The molecule has 114 valence electrons. The van der Waals surface area contributed by atoms with Crippen molar-refractivity contribution >= 4 is 21.1 Å². The predicted octanol–water partition coefficient (Wildman–Crippen LogP) is 2.43. The van der Waals surface area contributed by atoms with Gasteiger partial charge in [0.05, 0.1) is 11.6 Å². The molecule has 1 heterocycles. The third kappa shape index (κ3) is 3.07. The zero-order valence-corrected chi connectivity index (χ0v) is 12.4. The fourth-order valence-corrected chi connectivity index (χ4v) is 2.96. The maximum atomic E-state index is 12.3. The summed E-state index contributed by atoms with van der Waals surface area (Å²) in [5, 5.41) is 9.29. The second-order valence-electron chi connectivity index (χ2n) is 4.63. The van der Waals surface area contributed by atoms with Crippen LogP contribution in [0, 0.1) is 11.3 Å². The zero-order chi connectivity index (χ0) is 16.4. The Morgan fingerprint density at radius 3 is 2.65 bits per heavy atom. The van der Waals surface area contributed by atoms with Gasteiger partial charge in [-0.15, -0.1) is 0 Å². The molecule has 0 saturated carbocycles. The highest BCUT2D eigenvalue weighted by Gasteiger charge is 2.17. The summed E-state index contributed by atoms with van der Waals surface area (Å²) in [6, 6.07) is 14.4. The molecule has 7 heteroatoms. The molecule has 2 aromatic carbocycles. The highest BCUT2D eigenvalue weighted by molar-refractivity contribution is 7.87. The van der Waals surface area contributed by atoms with Crippen LogP contribution >= 0.6 is 0 Å². The predicted molar refractivity (Wildman–Crippen MR) is 81.5 cm³/mol. The molecule has 0 atom stereocenters. The molecular weight excluding hydrogens is 318 g/mol. The van der Waals surface area contributed by atoms with Gasteiger partial charge in [0.25, 0.3) is 0 Å². The summed E-state index contributed by atoms with van der Waals surface area (Å²) in [4.78, 5) is 11.0. The third-order valence-corrected chi connectivity index (χ3v) is 4.29. The summed E-state index contributed by atoms with van der Waals surface area (Å²) in [7, 11) is -4.07. The van der Waals surface area contributed by atoms with Gasteiger partial charge in [-0.2, -0.15) is 13.7 Å². The third-order valence-electron chi connectivity index (χ3n) is 3.05. The lowest BCUT2D eigenvalue weighted by atomic mass is 10.2. The van der Waals surface area contributed by atoms with Crippen LogP contribution in [0.15, 0.2) is 68.7 Å². The summed E-state index contributed by atoms with van der Waals surface area (Å²) in [6.07, 6.45) is 0. The van der Waals surface area contributed by atoms with Gasteiger partial charge >= 0.3 is 15.7 Å². The number of hydrogen-bond acceptors (Lipinski definition) is 6. The molecule has 0 bridgehead atoms. The van der Waals surface area contributed by atoms with Gasteiger partial charge in [-0.25, -0.2) is 4.79 Å². The Bertz CT molecular complexity index is 1090. The molecule has 0 saturated heterocycles. The Kier molecular flexibility index (Phi) is 3.60. The van der Waals surface area contributed by atoms with Crippen molar-refractivity contribution in [3.8, 4) is 11.8 Å². The van der Waals surface area contributed by atoms with Crippen LogP contribution in [0.4, 0.5) is 0 Å². The van der Waals surface area contributed by atoms with Gasteiger partial charge in [0.2, 0.25) is 0 Å². The molecule has 0 aliphatic rings. The van der Waals surface area contributed by atoms with Crippen molar-refractivity contribution in [1.29, 1.82) is 5.26 Å². The molecule has 0 aliphatic heterocycles. The fourth-order valence-electron chi connectivity index (χ4n) is 2.00. The van der Waals surface area contributed by atoms with Crippen LogP contribution in [-0.2, 0) is 10.1 Å². The van der Waals surface area contributed by atoms with Crippen LogP contribution < -0.4 is 9.81 Å². The Labute approximate surface area is 131 Å². The monoisotopic (exact) mass is 327 g/mol. The summed E-state index contributed by atoms with van der Waals surface area (Å²) in [5.41, 5.74) is 0.0543. The van der Waals surface area contributed by atoms with E-state index in [2.05, 4.69) is 0 Å². The van der Waals surface area contributed by atoms with E-state index in [4.69, 9.17) is 13.9 Å². The van der Waals surface area contributed by atoms with Gasteiger partial charge in [0, 0.05) is 11.5 Å². The van der Waals surface area contributed by atoms with Crippen LogP contribution in [0.25, 0.3) is 11.0 Å². The molecule has 3 rings (SSSR count). The minimum absolute atomic E-state index is 0.0451. The fraction of sp³-hybridized carbons (Fsp3) is 0. The van der Waals surface area contributed by atoms with Gasteiger partial charge in [-0.05, 0) is 42.5 Å². The van der Waals surface area contributed by atoms with Crippen molar-refractivity contribution in [1.82, 2.24) is 0 Å². The van der Waals surface area contributed by atoms with Crippen LogP contribution in [0.5, 0.6) is 5.75 Å². The molecule has 0 radical (unpaired) electrons. The molecule has 0 amide bonds. The van der Waals surface area contributed by atoms with Crippen LogP contribution in [0.1, 0.15) is 5.56 Å². The minimum Gasteiger partial charge on any atom is -0.423 e. The van der Waals surface area contributed by atoms with E-state index in [-0.39, 0.29) is 21.8 Å². The standard InChI is InChI=1S/C16H9NO5S/c17-10-11-2-1-3-13(8-11)22-23(19,20)14-5-6-15-12(9-14)4-7-16(18)21-15/h1-9H. The van der Waals surface area contributed by atoms with E-state index in [9.17, 15) is 13.2 Å². The molecular formula is C16H9NO5S. The lowest BCUT2D eigenvalue weighted by Crippen LogP contribution is -2.10. The molecule has 0 spiro atoms. The first-order chi connectivity index (χ1) is 11.0. The Morgan fingerprint density at radius 1 is 1.04 bits per heavy atom. The zero-order valence-electron chi connectivity index (χ0n) is 11.6. The SMILES string of the molecule is N#Cc1cccc(OS(=O)(=O)c2ccc3oc(=O)ccc3c2)c1. The molecule has 3 aromatic rings. The minimum atomic E-state index is -4.07. The molecule has 6 nitrogen and oxygen atoms in total. The summed E-state index contributed by atoms with van der Waals surface area (Å²) < 4.78 is 34.6. The van der Waals surface area contributed by atoms with Gasteiger partial charge in [-0.1, -0.05) is 6.07 Å². The van der Waals surface area contributed by atoms with Gasteiger partial charge in [0.1, 0.15) is 16.2 Å². The first-order valence-corrected chi connectivity index (χ1v) is 7.87. The number of benzene rings is 2. The molecule has 0 aliphatic carbocycles. The maximum absolute atomic E-state index is 12.3.